The van der Waals surface area contributed by atoms with Crippen LogP contribution in [0.4, 0.5) is 0 Å². The van der Waals surface area contributed by atoms with Gasteiger partial charge in [0, 0.05) is 36.8 Å². The molecule has 1 aliphatic heterocycles. The summed E-state index contributed by atoms with van der Waals surface area (Å²) in [7, 11) is -3.03. The van der Waals surface area contributed by atoms with Crippen LogP contribution in [0.1, 0.15) is 37.5 Å². The Morgan fingerprint density at radius 2 is 2.20 bits per heavy atom. The maximum absolute atomic E-state index is 12.1. The van der Waals surface area contributed by atoms with Crippen LogP contribution < -0.4 is 5.32 Å². The second-order valence-electron chi connectivity index (χ2n) is 5.19. The molecule has 0 bridgehead atoms. The summed E-state index contributed by atoms with van der Waals surface area (Å²) in [5.74, 6) is 0.294. The molecule has 20 heavy (non-hydrogen) atoms. The lowest BCUT2D eigenvalue weighted by Gasteiger charge is -2.31. The molecule has 0 spiro atoms. The lowest BCUT2D eigenvalue weighted by molar-refractivity contribution is 0.289. The Morgan fingerprint density at radius 1 is 1.45 bits per heavy atom. The van der Waals surface area contributed by atoms with Crippen molar-refractivity contribution in [3.8, 4) is 0 Å². The summed E-state index contributed by atoms with van der Waals surface area (Å²) in [6.45, 7) is 4.14. The highest BCUT2D eigenvalue weighted by atomic mass is 32.2. The fourth-order valence-electron chi connectivity index (χ4n) is 2.37. The Labute approximate surface area is 125 Å². The highest BCUT2D eigenvalue weighted by molar-refractivity contribution is 7.89. The molecule has 1 aromatic rings. The molecule has 1 aromatic heterocycles. The van der Waals surface area contributed by atoms with Crippen LogP contribution in [0.5, 0.6) is 0 Å². The van der Waals surface area contributed by atoms with Gasteiger partial charge in [-0.3, -0.25) is 4.98 Å². The molecular formula is C13H23N3O2S2. The highest BCUT2D eigenvalue weighted by Crippen LogP contribution is 2.16. The van der Waals surface area contributed by atoms with Crippen molar-refractivity contribution < 1.29 is 8.42 Å². The first-order valence-electron chi connectivity index (χ1n) is 7.20. The second-order valence-corrected chi connectivity index (χ2v) is 8.25. The van der Waals surface area contributed by atoms with E-state index in [1.807, 2.05) is 18.6 Å². The van der Waals surface area contributed by atoms with Crippen molar-refractivity contribution in [1.29, 1.82) is 0 Å². The van der Waals surface area contributed by atoms with Gasteiger partial charge in [0.2, 0.25) is 10.0 Å². The number of piperidine rings is 1. The van der Waals surface area contributed by atoms with Gasteiger partial charge in [0.15, 0.2) is 0 Å². The fraction of sp³-hybridized carbons (Fsp3) is 0.769. The Hall–Kier alpha value is -0.500. The van der Waals surface area contributed by atoms with Crippen LogP contribution in [0.2, 0.25) is 0 Å². The van der Waals surface area contributed by atoms with Crippen molar-refractivity contribution in [2.75, 3.05) is 18.8 Å². The summed E-state index contributed by atoms with van der Waals surface area (Å²) < 4.78 is 25.8. The number of rotatable bonds is 7. The average molecular weight is 317 g/mol. The van der Waals surface area contributed by atoms with Crippen molar-refractivity contribution in [2.45, 2.75) is 45.2 Å². The van der Waals surface area contributed by atoms with Crippen LogP contribution >= 0.6 is 11.3 Å². The summed E-state index contributed by atoms with van der Waals surface area (Å²) >= 11 is 1.65. The third kappa shape index (κ3) is 4.51. The molecule has 0 unspecified atom stereocenters. The fourth-order valence-corrected chi connectivity index (χ4v) is 4.59. The van der Waals surface area contributed by atoms with E-state index in [1.54, 1.807) is 15.6 Å². The Kier molecular flexibility index (Phi) is 5.95. The van der Waals surface area contributed by atoms with Gasteiger partial charge in [-0.25, -0.2) is 12.7 Å². The largest absolute Gasteiger partial charge is 0.309 e. The summed E-state index contributed by atoms with van der Waals surface area (Å²) in [4.78, 5) is 5.27. The molecule has 0 radical (unpaired) electrons. The van der Waals surface area contributed by atoms with E-state index in [0.717, 1.165) is 32.2 Å². The van der Waals surface area contributed by atoms with E-state index in [-0.39, 0.29) is 0 Å². The van der Waals surface area contributed by atoms with E-state index in [4.69, 9.17) is 0 Å². The SMILES string of the molecule is CCCCS(=O)(=O)N1CCC(NCc2cncs2)CC1. The van der Waals surface area contributed by atoms with Crippen LogP contribution in [0.15, 0.2) is 11.7 Å². The zero-order valence-corrected chi connectivity index (χ0v) is 13.5. The van der Waals surface area contributed by atoms with Crippen LogP contribution in [-0.4, -0.2) is 42.6 Å². The van der Waals surface area contributed by atoms with E-state index in [0.29, 0.717) is 24.9 Å². The standard InChI is InChI=1S/C13H23N3O2S2/c1-2-3-8-20(17,18)16-6-4-12(5-7-16)15-10-13-9-14-11-19-13/h9,11-12,15H,2-8,10H2,1H3. The minimum absolute atomic E-state index is 0.294. The molecule has 1 fully saturated rings. The zero-order chi connectivity index (χ0) is 14.4. The lowest BCUT2D eigenvalue weighted by Crippen LogP contribution is -2.45. The van der Waals surface area contributed by atoms with Crippen molar-refractivity contribution in [3.63, 3.8) is 0 Å². The third-order valence-corrected chi connectivity index (χ3v) is 6.39. The van der Waals surface area contributed by atoms with E-state index in [9.17, 15) is 8.42 Å². The Morgan fingerprint density at radius 3 is 2.80 bits per heavy atom. The number of nitrogens with zero attached hydrogens (tertiary/aromatic N) is 2. The van der Waals surface area contributed by atoms with Crippen molar-refractivity contribution >= 4 is 21.4 Å². The molecule has 0 aliphatic carbocycles. The van der Waals surface area contributed by atoms with Crippen LogP contribution in [-0.2, 0) is 16.6 Å². The van der Waals surface area contributed by atoms with Crippen LogP contribution in [0.25, 0.3) is 0 Å². The van der Waals surface area contributed by atoms with Gasteiger partial charge >= 0.3 is 0 Å². The van der Waals surface area contributed by atoms with Crippen LogP contribution in [0.3, 0.4) is 0 Å². The first-order chi connectivity index (χ1) is 9.62. The van der Waals surface area contributed by atoms with Gasteiger partial charge in [0.25, 0.3) is 0 Å². The monoisotopic (exact) mass is 317 g/mol. The van der Waals surface area contributed by atoms with Crippen LogP contribution in [0, 0.1) is 0 Å². The minimum atomic E-state index is -3.03. The van der Waals surface area contributed by atoms with Gasteiger partial charge in [-0.1, -0.05) is 13.3 Å². The molecule has 5 nitrogen and oxygen atoms in total. The molecule has 0 amide bonds. The molecule has 0 aromatic carbocycles. The normalized spacial score (nSPS) is 18.4. The molecule has 0 atom stereocenters. The molecule has 7 heteroatoms. The molecule has 1 aliphatic rings. The number of sulfonamides is 1. The van der Waals surface area contributed by atoms with Crippen molar-refractivity contribution in [3.05, 3.63) is 16.6 Å². The number of hydrogen-bond acceptors (Lipinski definition) is 5. The first-order valence-corrected chi connectivity index (χ1v) is 9.69. The molecule has 1 N–H and O–H groups in total. The minimum Gasteiger partial charge on any atom is -0.309 e. The van der Waals surface area contributed by atoms with E-state index in [2.05, 4.69) is 10.3 Å². The molecule has 1 saturated heterocycles. The zero-order valence-electron chi connectivity index (χ0n) is 11.9. The van der Waals surface area contributed by atoms with Gasteiger partial charge in [0.1, 0.15) is 0 Å². The smallest absolute Gasteiger partial charge is 0.214 e. The summed E-state index contributed by atoms with van der Waals surface area (Å²) in [6, 6.07) is 0.412. The summed E-state index contributed by atoms with van der Waals surface area (Å²) in [5, 5.41) is 3.49. The maximum Gasteiger partial charge on any atom is 0.214 e. The molecule has 114 valence electrons. The van der Waals surface area contributed by atoms with Crippen molar-refractivity contribution in [1.82, 2.24) is 14.6 Å². The maximum atomic E-state index is 12.1. The third-order valence-electron chi connectivity index (χ3n) is 3.65. The van der Waals surface area contributed by atoms with E-state index < -0.39 is 10.0 Å². The predicted molar refractivity (Wildman–Crippen MR) is 82.2 cm³/mol. The Bertz CT molecular complexity index is 480. The average Bonchev–Trinajstić information content (AvgIpc) is 2.97. The predicted octanol–water partition coefficient (Wildman–Crippen LogP) is 1.83. The number of hydrogen-bond donors (Lipinski definition) is 1. The summed E-state index contributed by atoms with van der Waals surface area (Å²) in [6.07, 6.45) is 5.34. The van der Waals surface area contributed by atoms with Gasteiger partial charge in [-0.2, -0.15) is 0 Å². The Balaban J connectivity index is 1.74. The number of nitrogens with one attached hydrogen (secondary N) is 1. The van der Waals surface area contributed by atoms with Gasteiger partial charge < -0.3 is 5.32 Å². The molecule has 0 saturated carbocycles. The lowest BCUT2D eigenvalue weighted by atomic mass is 10.1. The number of unbranched alkanes of at least 4 members (excludes halogenated alkanes) is 1. The first kappa shape index (κ1) is 15.9. The quantitative estimate of drug-likeness (QED) is 0.833. The van der Waals surface area contributed by atoms with Gasteiger partial charge in [-0.15, -0.1) is 11.3 Å². The van der Waals surface area contributed by atoms with Crippen molar-refractivity contribution in [2.24, 2.45) is 0 Å². The molecule has 2 heterocycles. The number of thiazole rings is 1. The second kappa shape index (κ2) is 7.49. The van der Waals surface area contributed by atoms with Gasteiger partial charge in [0.05, 0.1) is 11.3 Å². The van der Waals surface area contributed by atoms with Gasteiger partial charge in [-0.05, 0) is 19.3 Å². The van der Waals surface area contributed by atoms with E-state index >= 15 is 0 Å². The summed E-state index contributed by atoms with van der Waals surface area (Å²) in [5.41, 5.74) is 1.83. The highest BCUT2D eigenvalue weighted by Gasteiger charge is 2.27. The number of aromatic nitrogens is 1. The molecular weight excluding hydrogens is 294 g/mol. The topological polar surface area (TPSA) is 62.3 Å². The molecule has 2 rings (SSSR count). The van der Waals surface area contributed by atoms with E-state index in [1.165, 1.54) is 4.88 Å².